The Morgan fingerprint density at radius 1 is 0.800 bits per heavy atom. The van der Waals surface area contributed by atoms with Crippen molar-refractivity contribution in [3.63, 3.8) is 0 Å². The van der Waals surface area contributed by atoms with Crippen LogP contribution in [0.25, 0.3) is 10.9 Å². The van der Waals surface area contributed by atoms with E-state index in [0.717, 1.165) is 36.3 Å². The fourth-order valence-corrected chi connectivity index (χ4v) is 6.34. The van der Waals surface area contributed by atoms with Crippen LogP contribution >= 0.6 is 0 Å². The molecular formula is C32H36N4O4. The van der Waals surface area contributed by atoms with E-state index < -0.39 is 0 Å². The molecule has 2 aliphatic rings. The van der Waals surface area contributed by atoms with E-state index in [0.29, 0.717) is 17.2 Å². The van der Waals surface area contributed by atoms with E-state index in [4.69, 9.17) is 14.2 Å². The number of nitrogens with zero attached hydrogens (tertiary/aromatic N) is 2. The summed E-state index contributed by atoms with van der Waals surface area (Å²) in [5.74, 6) is 1.61. The molecule has 0 radical (unpaired) electrons. The Balaban J connectivity index is 1.54. The number of fused-ring (bicyclic) bond motifs is 1. The van der Waals surface area contributed by atoms with Gasteiger partial charge in [-0.15, -0.1) is 0 Å². The molecule has 0 aliphatic carbocycles. The Kier molecular flexibility index (Phi) is 7.26. The van der Waals surface area contributed by atoms with Gasteiger partial charge in [0.2, 0.25) is 5.75 Å². The summed E-state index contributed by atoms with van der Waals surface area (Å²) in [7, 11) is 4.81. The smallest absolute Gasteiger partial charge is 0.315 e. The van der Waals surface area contributed by atoms with E-state index in [1.54, 1.807) is 21.3 Å². The van der Waals surface area contributed by atoms with Crippen LogP contribution in [0.3, 0.4) is 0 Å². The zero-order valence-corrected chi connectivity index (χ0v) is 23.2. The van der Waals surface area contributed by atoms with Gasteiger partial charge >= 0.3 is 6.03 Å². The number of methoxy groups -OCH3 is 3. The number of carbonyl (C=O) groups excluding carboxylic acids is 1. The van der Waals surface area contributed by atoms with Gasteiger partial charge in [0.05, 0.1) is 39.5 Å². The average Bonchev–Trinajstić information content (AvgIpc) is 3.64. The van der Waals surface area contributed by atoms with Crippen LogP contribution in [0.1, 0.15) is 47.7 Å². The summed E-state index contributed by atoms with van der Waals surface area (Å²) in [5.41, 5.74) is 4.34. The number of hydrogen-bond acceptors (Lipinski definition) is 5. The number of amides is 2. The molecular weight excluding hydrogens is 504 g/mol. The topological polar surface area (TPSA) is 77.0 Å². The molecule has 0 spiro atoms. The fraction of sp³-hybridized carbons (Fsp3) is 0.344. The number of rotatable bonds is 8. The molecule has 6 rings (SSSR count). The maximum Gasteiger partial charge on any atom is 0.315 e. The monoisotopic (exact) mass is 540 g/mol. The largest absolute Gasteiger partial charge is 0.493 e. The lowest BCUT2D eigenvalue weighted by Gasteiger charge is -2.41. The minimum absolute atomic E-state index is 0.194. The van der Waals surface area contributed by atoms with Crippen LogP contribution in [0.15, 0.2) is 72.9 Å². The number of urea groups is 1. The number of likely N-dealkylation sites (tertiary alicyclic amines) is 1. The SMILES string of the molecule is COc1cc(C2NC(=O)NC(c3ccccc3)C2n2cc(CN3CCCC3)c3ccccc32)cc(OC)c1OC. The zero-order valence-electron chi connectivity index (χ0n) is 23.2. The third kappa shape index (κ3) is 4.73. The molecule has 3 atom stereocenters. The minimum Gasteiger partial charge on any atom is -0.493 e. The third-order valence-electron chi connectivity index (χ3n) is 8.20. The molecule has 2 fully saturated rings. The molecule has 3 aromatic carbocycles. The van der Waals surface area contributed by atoms with Crippen LogP contribution < -0.4 is 24.8 Å². The summed E-state index contributed by atoms with van der Waals surface area (Å²) in [6, 6.07) is 21.5. The molecule has 0 saturated carbocycles. The van der Waals surface area contributed by atoms with E-state index in [9.17, 15) is 4.79 Å². The van der Waals surface area contributed by atoms with Crippen molar-refractivity contribution in [2.24, 2.45) is 0 Å². The van der Waals surface area contributed by atoms with Gasteiger partial charge in [-0.05, 0) is 60.8 Å². The Morgan fingerprint density at radius 2 is 1.43 bits per heavy atom. The number of benzene rings is 3. The lowest BCUT2D eigenvalue weighted by Crippen LogP contribution is -2.52. The van der Waals surface area contributed by atoms with Gasteiger partial charge in [-0.2, -0.15) is 0 Å². The molecule has 2 N–H and O–H groups in total. The standard InChI is InChI=1S/C32H36N4O4/c1-38-26-17-22(18-27(39-2)31(26)40-3)29-30(28(33-32(37)34-29)21-11-5-4-6-12-21)36-20-23(19-35-15-9-10-16-35)24-13-7-8-14-25(24)36/h4-8,11-14,17-18,20,28-30H,9-10,15-16,19H2,1-3H3,(H2,33,34,37). The molecule has 40 heavy (non-hydrogen) atoms. The van der Waals surface area contributed by atoms with Crippen LogP contribution in [0, 0.1) is 0 Å². The first-order valence-electron chi connectivity index (χ1n) is 13.8. The summed E-state index contributed by atoms with van der Waals surface area (Å²) in [4.78, 5) is 15.7. The van der Waals surface area contributed by atoms with Crippen molar-refractivity contribution >= 4 is 16.9 Å². The van der Waals surface area contributed by atoms with Gasteiger partial charge in [0.25, 0.3) is 0 Å². The number of hydrogen-bond donors (Lipinski definition) is 2. The highest BCUT2D eigenvalue weighted by molar-refractivity contribution is 5.84. The van der Waals surface area contributed by atoms with E-state index in [2.05, 4.69) is 62.7 Å². The average molecular weight is 541 g/mol. The highest BCUT2D eigenvalue weighted by Gasteiger charge is 2.41. The Hall–Kier alpha value is -4.17. The first kappa shape index (κ1) is 26.1. The number of para-hydroxylation sites is 1. The highest BCUT2D eigenvalue weighted by atomic mass is 16.5. The Bertz CT molecular complexity index is 1470. The van der Waals surface area contributed by atoms with Crippen LogP contribution in [0.4, 0.5) is 4.79 Å². The normalized spacial score (nSPS) is 21.2. The van der Waals surface area contributed by atoms with Crippen molar-refractivity contribution in [1.82, 2.24) is 20.1 Å². The van der Waals surface area contributed by atoms with Gasteiger partial charge in [-0.25, -0.2) is 4.79 Å². The van der Waals surface area contributed by atoms with Gasteiger partial charge < -0.3 is 29.4 Å². The number of carbonyl (C=O) groups is 1. The van der Waals surface area contributed by atoms with Crippen LogP contribution in [-0.4, -0.2) is 49.9 Å². The molecule has 8 heteroatoms. The van der Waals surface area contributed by atoms with Crippen molar-refractivity contribution in [2.45, 2.75) is 37.5 Å². The van der Waals surface area contributed by atoms with Gasteiger partial charge in [0.15, 0.2) is 11.5 Å². The zero-order chi connectivity index (χ0) is 27.6. The molecule has 2 amide bonds. The molecule has 8 nitrogen and oxygen atoms in total. The Labute approximate surface area is 234 Å². The maximum atomic E-state index is 13.2. The summed E-state index contributed by atoms with van der Waals surface area (Å²) in [6.07, 6.45) is 4.78. The lowest BCUT2D eigenvalue weighted by molar-refractivity contribution is 0.193. The Morgan fingerprint density at radius 3 is 2.08 bits per heavy atom. The van der Waals surface area contributed by atoms with Crippen molar-refractivity contribution < 1.29 is 19.0 Å². The van der Waals surface area contributed by atoms with Gasteiger partial charge in [0.1, 0.15) is 0 Å². The number of nitrogens with one attached hydrogen (secondary N) is 2. The van der Waals surface area contributed by atoms with Crippen LogP contribution in [-0.2, 0) is 6.54 Å². The van der Waals surface area contributed by atoms with E-state index in [1.165, 1.54) is 23.8 Å². The first-order valence-corrected chi connectivity index (χ1v) is 13.8. The summed E-state index contributed by atoms with van der Waals surface area (Å²) >= 11 is 0. The summed E-state index contributed by atoms with van der Waals surface area (Å²) in [5, 5.41) is 7.71. The van der Waals surface area contributed by atoms with Crippen LogP contribution in [0.2, 0.25) is 0 Å². The molecule has 0 bridgehead atoms. The highest BCUT2D eigenvalue weighted by Crippen LogP contribution is 2.46. The van der Waals surface area contributed by atoms with Crippen molar-refractivity contribution in [1.29, 1.82) is 0 Å². The van der Waals surface area contributed by atoms with Crippen LogP contribution in [0.5, 0.6) is 17.2 Å². The van der Waals surface area contributed by atoms with Crippen molar-refractivity contribution in [3.8, 4) is 17.2 Å². The lowest BCUT2D eigenvalue weighted by atomic mass is 9.87. The van der Waals surface area contributed by atoms with Gasteiger partial charge in [0, 0.05) is 23.6 Å². The van der Waals surface area contributed by atoms with Gasteiger partial charge in [-0.3, -0.25) is 4.90 Å². The predicted molar refractivity (Wildman–Crippen MR) is 155 cm³/mol. The molecule has 3 heterocycles. The summed E-state index contributed by atoms with van der Waals surface area (Å²) in [6.45, 7) is 3.16. The quantitative estimate of drug-likeness (QED) is 0.304. The third-order valence-corrected chi connectivity index (χ3v) is 8.20. The second-order valence-electron chi connectivity index (χ2n) is 10.5. The van der Waals surface area contributed by atoms with Gasteiger partial charge in [-0.1, -0.05) is 48.5 Å². The maximum absolute atomic E-state index is 13.2. The molecule has 1 aromatic heterocycles. The van der Waals surface area contributed by atoms with E-state index >= 15 is 0 Å². The van der Waals surface area contributed by atoms with E-state index in [-0.39, 0.29) is 24.2 Å². The number of aromatic nitrogens is 1. The minimum atomic E-state index is -0.386. The second-order valence-corrected chi connectivity index (χ2v) is 10.5. The molecule has 4 aromatic rings. The van der Waals surface area contributed by atoms with Crippen molar-refractivity contribution in [2.75, 3.05) is 34.4 Å². The number of ether oxygens (including phenoxy) is 3. The molecule has 208 valence electrons. The molecule has 3 unspecified atom stereocenters. The molecule has 2 aliphatic heterocycles. The fourth-order valence-electron chi connectivity index (χ4n) is 6.34. The van der Waals surface area contributed by atoms with Crippen molar-refractivity contribution in [3.05, 3.63) is 89.6 Å². The first-order chi connectivity index (χ1) is 19.6. The molecule has 2 saturated heterocycles. The predicted octanol–water partition coefficient (Wildman–Crippen LogP) is 5.60. The second kappa shape index (κ2) is 11.1. The van der Waals surface area contributed by atoms with E-state index in [1.807, 2.05) is 30.3 Å². The summed E-state index contributed by atoms with van der Waals surface area (Å²) < 4.78 is 19.3.